The predicted octanol–water partition coefficient (Wildman–Crippen LogP) is 1.26. The minimum Gasteiger partial charge on any atom is -0.396 e. The predicted molar refractivity (Wildman–Crippen MR) is 57.4 cm³/mol. The summed E-state index contributed by atoms with van der Waals surface area (Å²) in [7, 11) is 1.76. The smallest absolute Gasteiger partial charge is 0.0589 e. The Labute approximate surface area is 87.1 Å². The second-order valence-electron chi connectivity index (χ2n) is 4.04. The molecule has 3 heteroatoms. The molecule has 0 atom stereocenters. The zero-order valence-corrected chi connectivity index (χ0v) is 9.24. The van der Waals surface area contributed by atoms with Gasteiger partial charge in [-0.1, -0.05) is 0 Å². The van der Waals surface area contributed by atoms with E-state index in [4.69, 9.17) is 9.84 Å². The molecule has 1 fully saturated rings. The molecule has 14 heavy (non-hydrogen) atoms. The third-order valence-corrected chi connectivity index (χ3v) is 2.75. The van der Waals surface area contributed by atoms with Crippen molar-refractivity contribution in [2.24, 2.45) is 0 Å². The van der Waals surface area contributed by atoms with E-state index in [1.807, 2.05) is 0 Å². The van der Waals surface area contributed by atoms with Gasteiger partial charge in [0.15, 0.2) is 0 Å². The van der Waals surface area contributed by atoms with E-state index >= 15 is 0 Å². The van der Waals surface area contributed by atoms with Crippen LogP contribution < -0.4 is 0 Å². The first-order valence-electron chi connectivity index (χ1n) is 5.72. The number of rotatable bonds is 9. The first-order valence-corrected chi connectivity index (χ1v) is 5.72. The van der Waals surface area contributed by atoms with Crippen LogP contribution in [0.2, 0.25) is 0 Å². The number of aliphatic hydroxyl groups excluding tert-OH is 1. The van der Waals surface area contributed by atoms with Gasteiger partial charge >= 0.3 is 0 Å². The highest BCUT2D eigenvalue weighted by atomic mass is 16.5. The van der Waals surface area contributed by atoms with Crippen molar-refractivity contribution >= 4 is 0 Å². The lowest BCUT2D eigenvalue weighted by molar-refractivity contribution is 0.141. The molecule has 1 rings (SSSR count). The van der Waals surface area contributed by atoms with Crippen LogP contribution >= 0.6 is 0 Å². The monoisotopic (exact) mass is 201 g/mol. The molecule has 0 spiro atoms. The molecule has 0 saturated heterocycles. The molecule has 0 aromatic rings. The van der Waals surface area contributed by atoms with Gasteiger partial charge in [-0.3, -0.25) is 4.90 Å². The molecule has 0 heterocycles. The van der Waals surface area contributed by atoms with Gasteiger partial charge in [-0.2, -0.15) is 0 Å². The Balaban J connectivity index is 2.02. The van der Waals surface area contributed by atoms with Gasteiger partial charge < -0.3 is 9.84 Å². The van der Waals surface area contributed by atoms with Crippen LogP contribution in [0, 0.1) is 0 Å². The van der Waals surface area contributed by atoms with Gasteiger partial charge in [0.25, 0.3) is 0 Å². The fraction of sp³-hybridized carbons (Fsp3) is 1.00. The number of ether oxygens (including phenoxy) is 1. The van der Waals surface area contributed by atoms with E-state index in [-0.39, 0.29) is 0 Å². The Morgan fingerprint density at radius 1 is 1.21 bits per heavy atom. The van der Waals surface area contributed by atoms with Gasteiger partial charge in [-0.15, -0.1) is 0 Å². The van der Waals surface area contributed by atoms with Crippen molar-refractivity contribution in [2.75, 3.05) is 33.4 Å². The average molecular weight is 201 g/mol. The van der Waals surface area contributed by atoms with Crippen LogP contribution in [0.3, 0.4) is 0 Å². The molecular weight excluding hydrogens is 178 g/mol. The lowest BCUT2D eigenvalue weighted by Gasteiger charge is -2.21. The van der Waals surface area contributed by atoms with Gasteiger partial charge in [0.05, 0.1) is 6.61 Å². The summed E-state index contributed by atoms with van der Waals surface area (Å²) in [5.41, 5.74) is 0. The summed E-state index contributed by atoms with van der Waals surface area (Å²) in [5.74, 6) is 0. The van der Waals surface area contributed by atoms with E-state index < -0.39 is 0 Å². The molecule has 1 aliphatic rings. The molecule has 1 saturated carbocycles. The van der Waals surface area contributed by atoms with Crippen molar-refractivity contribution in [1.82, 2.24) is 4.90 Å². The Bertz CT molecular complexity index is 137. The average Bonchev–Trinajstić information content (AvgIpc) is 3.00. The van der Waals surface area contributed by atoms with Crippen molar-refractivity contribution in [2.45, 2.75) is 38.1 Å². The molecule has 0 bridgehead atoms. The summed E-state index contributed by atoms with van der Waals surface area (Å²) in [5, 5.41) is 8.66. The zero-order valence-electron chi connectivity index (χ0n) is 9.24. The molecule has 1 N–H and O–H groups in total. The second kappa shape index (κ2) is 7.21. The van der Waals surface area contributed by atoms with Gasteiger partial charge in [0.2, 0.25) is 0 Å². The number of methoxy groups -OCH3 is 1. The normalized spacial score (nSPS) is 16.5. The minimum atomic E-state index is 0.335. The highest BCUT2D eigenvalue weighted by Crippen LogP contribution is 2.26. The largest absolute Gasteiger partial charge is 0.396 e. The van der Waals surface area contributed by atoms with Crippen LogP contribution in [0.15, 0.2) is 0 Å². The molecule has 0 aromatic heterocycles. The van der Waals surface area contributed by atoms with Gasteiger partial charge in [-0.25, -0.2) is 0 Å². The fourth-order valence-electron chi connectivity index (χ4n) is 1.73. The van der Waals surface area contributed by atoms with Crippen molar-refractivity contribution in [3.63, 3.8) is 0 Å². The number of aliphatic hydroxyl groups is 1. The third-order valence-electron chi connectivity index (χ3n) is 2.75. The summed E-state index contributed by atoms with van der Waals surface area (Å²) >= 11 is 0. The Morgan fingerprint density at radius 3 is 2.57 bits per heavy atom. The third kappa shape index (κ3) is 4.94. The van der Waals surface area contributed by atoms with E-state index in [0.29, 0.717) is 6.61 Å². The molecule has 0 amide bonds. The van der Waals surface area contributed by atoms with Crippen LogP contribution in [0.4, 0.5) is 0 Å². The molecule has 0 radical (unpaired) electrons. The molecule has 0 aromatic carbocycles. The maximum absolute atomic E-state index is 8.66. The van der Waals surface area contributed by atoms with Gasteiger partial charge in [0.1, 0.15) is 0 Å². The molecule has 3 nitrogen and oxygen atoms in total. The van der Waals surface area contributed by atoms with Crippen LogP contribution in [0.5, 0.6) is 0 Å². The highest BCUT2D eigenvalue weighted by molar-refractivity contribution is 4.84. The van der Waals surface area contributed by atoms with Crippen molar-refractivity contribution in [3.05, 3.63) is 0 Å². The molecular formula is C11H23NO2. The first kappa shape index (κ1) is 12.0. The van der Waals surface area contributed by atoms with Crippen LogP contribution in [-0.2, 0) is 4.74 Å². The Kier molecular flexibility index (Phi) is 6.15. The standard InChI is InChI=1S/C11H23NO2/c1-14-10-8-12(11-5-6-11)7-3-2-4-9-13/h11,13H,2-10H2,1H3. The number of hydrogen-bond donors (Lipinski definition) is 1. The topological polar surface area (TPSA) is 32.7 Å². The van der Waals surface area contributed by atoms with E-state index in [0.717, 1.165) is 32.0 Å². The molecule has 84 valence electrons. The van der Waals surface area contributed by atoms with Crippen LogP contribution in [-0.4, -0.2) is 49.5 Å². The zero-order chi connectivity index (χ0) is 10.2. The Hall–Kier alpha value is -0.120. The highest BCUT2D eigenvalue weighted by Gasteiger charge is 2.27. The van der Waals surface area contributed by atoms with Gasteiger partial charge in [0, 0.05) is 26.3 Å². The van der Waals surface area contributed by atoms with Crippen molar-refractivity contribution in [3.8, 4) is 0 Å². The van der Waals surface area contributed by atoms with Crippen molar-refractivity contribution < 1.29 is 9.84 Å². The van der Waals surface area contributed by atoms with E-state index in [1.165, 1.54) is 25.8 Å². The van der Waals surface area contributed by atoms with Crippen LogP contribution in [0.25, 0.3) is 0 Å². The molecule has 0 unspecified atom stereocenters. The number of unbranched alkanes of at least 4 members (excludes halogenated alkanes) is 2. The number of hydrogen-bond acceptors (Lipinski definition) is 3. The fourth-order valence-corrected chi connectivity index (χ4v) is 1.73. The van der Waals surface area contributed by atoms with E-state index in [9.17, 15) is 0 Å². The Morgan fingerprint density at radius 2 is 2.00 bits per heavy atom. The maximum atomic E-state index is 8.66. The summed E-state index contributed by atoms with van der Waals surface area (Å²) in [6, 6.07) is 0.833. The summed E-state index contributed by atoms with van der Waals surface area (Å²) in [6.45, 7) is 3.42. The SMILES string of the molecule is COCCN(CCCCCO)C1CC1. The van der Waals surface area contributed by atoms with E-state index in [2.05, 4.69) is 4.90 Å². The maximum Gasteiger partial charge on any atom is 0.0589 e. The summed E-state index contributed by atoms with van der Waals surface area (Å²) in [6.07, 6.45) is 6.03. The lowest BCUT2D eigenvalue weighted by Crippen LogP contribution is -2.30. The summed E-state index contributed by atoms with van der Waals surface area (Å²) < 4.78 is 5.10. The minimum absolute atomic E-state index is 0.335. The molecule has 1 aliphatic carbocycles. The lowest BCUT2D eigenvalue weighted by atomic mass is 10.2. The van der Waals surface area contributed by atoms with E-state index in [1.54, 1.807) is 7.11 Å². The molecule has 0 aliphatic heterocycles. The van der Waals surface area contributed by atoms with Crippen molar-refractivity contribution in [1.29, 1.82) is 0 Å². The summed E-state index contributed by atoms with van der Waals surface area (Å²) in [4.78, 5) is 2.53. The quantitative estimate of drug-likeness (QED) is 0.570. The second-order valence-corrected chi connectivity index (χ2v) is 4.04. The number of nitrogens with zero attached hydrogens (tertiary/aromatic N) is 1. The van der Waals surface area contributed by atoms with Crippen LogP contribution in [0.1, 0.15) is 32.1 Å². The van der Waals surface area contributed by atoms with Gasteiger partial charge in [-0.05, 0) is 38.6 Å². The first-order chi connectivity index (χ1) is 6.88.